The van der Waals surface area contributed by atoms with Crippen LogP contribution in [0.15, 0.2) is 78.5 Å². The summed E-state index contributed by atoms with van der Waals surface area (Å²) in [5, 5.41) is 0. The van der Waals surface area contributed by atoms with Crippen LogP contribution in [0.2, 0.25) is 0 Å². The van der Waals surface area contributed by atoms with Crippen LogP contribution in [0.1, 0.15) is 22.3 Å². The van der Waals surface area contributed by atoms with E-state index in [0.29, 0.717) is 17.7 Å². The Morgan fingerprint density at radius 3 is 2.19 bits per heavy atom. The second kappa shape index (κ2) is 8.79. The Labute approximate surface area is 187 Å². The predicted octanol–water partition coefficient (Wildman–Crippen LogP) is 4.90. The number of rotatable bonds is 6. The van der Waals surface area contributed by atoms with E-state index >= 15 is 0 Å². The highest BCUT2D eigenvalue weighted by Crippen LogP contribution is 2.34. The number of aryl methyl sites for hydroxylation is 2. The molecule has 2 amide bonds. The van der Waals surface area contributed by atoms with Gasteiger partial charge in [0.2, 0.25) is 0 Å². The van der Waals surface area contributed by atoms with Crippen molar-refractivity contribution in [3.05, 3.63) is 107 Å². The van der Waals surface area contributed by atoms with Crippen molar-refractivity contribution >= 4 is 23.1 Å². The molecular weight excluding hydrogens is 403 g/mol. The summed E-state index contributed by atoms with van der Waals surface area (Å²) >= 11 is 0. The minimum absolute atomic E-state index is 0.226. The van der Waals surface area contributed by atoms with Crippen LogP contribution in [-0.4, -0.2) is 30.3 Å². The number of anilines is 1. The average molecular weight is 429 g/mol. The van der Waals surface area contributed by atoms with Crippen LogP contribution in [0.3, 0.4) is 0 Å². The number of likely N-dealkylation sites (N-methyl/N-ethyl adjacent to an activating group) is 1. The number of para-hydroxylation sites is 1. The standard InChI is InChI=1S/C27H25FN2O2/c1-18-9-12-21(17-19(18)2)24-25(29(3)23-7-5-4-6-8-23)27(32)30(26(24)31)16-15-20-10-13-22(28)14-11-20/h4-14,17H,15-16H2,1-3H3. The van der Waals surface area contributed by atoms with Gasteiger partial charge in [-0.05, 0) is 66.8 Å². The molecule has 0 spiro atoms. The molecule has 0 aliphatic carbocycles. The molecule has 162 valence electrons. The highest BCUT2D eigenvalue weighted by atomic mass is 19.1. The van der Waals surface area contributed by atoms with E-state index in [1.165, 1.54) is 17.0 Å². The predicted molar refractivity (Wildman–Crippen MR) is 125 cm³/mol. The number of imide groups is 1. The van der Waals surface area contributed by atoms with E-state index in [0.717, 1.165) is 27.9 Å². The van der Waals surface area contributed by atoms with E-state index in [1.807, 2.05) is 62.4 Å². The van der Waals surface area contributed by atoms with Gasteiger partial charge in [-0.2, -0.15) is 0 Å². The fourth-order valence-electron chi connectivity index (χ4n) is 3.91. The summed E-state index contributed by atoms with van der Waals surface area (Å²) in [5.74, 6) is -0.942. The molecule has 4 nitrogen and oxygen atoms in total. The number of halogens is 1. The number of hydrogen-bond donors (Lipinski definition) is 0. The molecule has 0 fully saturated rings. The van der Waals surface area contributed by atoms with Crippen LogP contribution in [0, 0.1) is 19.7 Å². The molecule has 1 aliphatic heterocycles. The largest absolute Gasteiger partial charge is 0.339 e. The zero-order valence-corrected chi connectivity index (χ0v) is 18.4. The third kappa shape index (κ3) is 4.06. The van der Waals surface area contributed by atoms with E-state index in [1.54, 1.807) is 24.1 Å². The number of carbonyl (C=O) groups is 2. The molecule has 4 rings (SSSR count). The summed E-state index contributed by atoms with van der Waals surface area (Å²) < 4.78 is 13.2. The minimum Gasteiger partial charge on any atom is -0.339 e. The Bertz CT molecular complexity index is 1200. The lowest BCUT2D eigenvalue weighted by molar-refractivity contribution is -0.136. The highest BCUT2D eigenvalue weighted by molar-refractivity contribution is 6.36. The SMILES string of the molecule is Cc1ccc(C2=C(N(C)c3ccccc3)C(=O)N(CCc3ccc(F)cc3)C2=O)cc1C. The van der Waals surface area contributed by atoms with Gasteiger partial charge in [0.25, 0.3) is 11.8 Å². The lowest BCUT2D eigenvalue weighted by Crippen LogP contribution is -2.35. The van der Waals surface area contributed by atoms with E-state index in [-0.39, 0.29) is 24.2 Å². The molecule has 0 saturated heterocycles. The monoisotopic (exact) mass is 428 g/mol. The van der Waals surface area contributed by atoms with E-state index in [4.69, 9.17) is 0 Å². The van der Waals surface area contributed by atoms with Crippen molar-refractivity contribution < 1.29 is 14.0 Å². The van der Waals surface area contributed by atoms with Gasteiger partial charge in [-0.3, -0.25) is 14.5 Å². The molecule has 1 aliphatic rings. The summed E-state index contributed by atoms with van der Waals surface area (Å²) in [5.41, 5.74) is 5.37. The van der Waals surface area contributed by atoms with Gasteiger partial charge in [0.1, 0.15) is 11.5 Å². The van der Waals surface area contributed by atoms with E-state index in [9.17, 15) is 14.0 Å². The van der Waals surface area contributed by atoms with Crippen molar-refractivity contribution in [2.24, 2.45) is 0 Å². The van der Waals surface area contributed by atoms with Crippen molar-refractivity contribution in [2.75, 3.05) is 18.5 Å². The number of nitrogens with zero attached hydrogens (tertiary/aromatic N) is 2. The molecular formula is C27H25FN2O2. The first-order valence-electron chi connectivity index (χ1n) is 10.6. The van der Waals surface area contributed by atoms with Crippen molar-refractivity contribution in [3.8, 4) is 0 Å². The van der Waals surface area contributed by atoms with Crippen LogP contribution in [-0.2, 0) is 16.0 Å². The van der Waals surface area contributed by atoms with Gasteiger partial charge in [0.05, 0.1) is 5.57 Å². The molecule has 0 unspecified atom stereocenters. The van der Waals surface area contributed by atoms with Gasteiger partial charge < -0.3 is 4.90 Å². The van der Waals surface area contributed by atoms with Crippen LogP contribution < -0.4 is 4.90 Å². The molecule has 0 atom stereocenters. The molecule has 3 aromatic carbocycles. The normalized spacial score (nSPS) is 13.8. The smallest absolute Gasteiger partial charge is 0.278 e. The highest BCUT2D eigenvalue weighted by Gasteiger charge is 2.40. The average Bonchev–Trinajstić information content (AvgIpc) is 3.05. The lowest BCUT2D eigenvalue weighted by atomic mass is 9.99. The Morgan fingerprint density at radius 2 is 1.53 bits per heavy atom. The Balaban J connectivity index is 1.72. The van der Waals surface area contributed by atoms with Gasteiger partial charge in [0.15, 0.2) is 0 Å². The molecule has 0 radical (unpaired) electrons. The van der Waals surface area contributed by atoms with E-state index < -0.39 is 0 Å². The van der Waals surface area contributed by atoms with Crippen molar-refractivity contribution in [1.29, 1.82) is 0 Å². The lowest BCUT2D eigenvalue weighted by Gasteiger charge is -2.21. The quantitative estimate of drug-likeness (QED) is 0.524. The fraction of sp³-hybridized carbons (Fsp3) is 0.185. The second-order valence-electron chi connectivity index (χ2n) is 8.06. The summed E-state index contributed by atoms with van der Waals surface area (Å²) in [6.07, 6.45) is 0.459. The first-order chi connectivity index (χ1) is 15.4. The second-order valence-corrected chi connectivity index (χ2v) is 8.06. The van der Waals surface area contributed by atoms with Gasteiger partial charge >= 0.3 is 0 Å². The topological polar surface area (TPSA) is 40.6 Å². The third-order valence-corrected chi connectivity index (χ3v) is 5.96. The van der Waals surface area contributed by atoms with Crippen LogP contribution in [0.25, 0.3) is 5.57 Å². The third-order valence-electron chi connectivity index (χ3n) is 5.96. The maximum Gasteiger partial charge on any atom is 0.278 e. The number of amides is 2. The van der Waals surface area contributed by atoms with Crippen LogP contribution in [0.4, 0.5) is 10.1 Å². The Morgan fingerprint density at radius 1 is 0.844 bits per heavy atom. The van der Waals surface area contributed by atoms with Gasteiger partial charge in [-0.1, -0.05) is 48.5 Å². The Kier molecular flexibility index (Phi) is 5.91. The fourth-order valence-corrected chi connectivity index (χ4v) is 3.91. The van der Waals surface area contributed by atoms with Crippen molar-refractivity contribution in [3.63, 3.8) is 0 Å². The zero-order valence-electron chi connectivity index (χ0n) is 18.4. The van der Waals surface area contributed by atoms with Crippen molar-refractivity contribution in [1.82, 2.24) is 4.90 Å². The molecule has 32 heavy (non-hydrogen) atoms. The van der Waals surface area contributed by atoms with Crippen molar-refractivity contribution in [2.45, 2.75) is 20.3 Å². The first-order valence-corrected chi connectivity index (χ1v) is 10.6. The number of benzene rings is 3. The van der Waals surface area contributed by atoms with Crippen LogP contribution >= 0.6 is 0 Å². The summed E-state index contributed by atoms with van der Waals surface area (Å²) in [7, 11) is 1.81. The summed E-state index contributed by atoms with van der Waals surface area (Å²) in [6, 6.07) is 21.5. The summed E-state index contributed by atoms with van der Waals surface area (Å²) in [4.78, 5) is 30.1. The first kappa shape index (κ1) is 21.5. The number of hydrogen-bond acceptors (Lipinski definition) is 3. The van der Waals surface area contributed by atoms with Gasteiger partial charge in [0, 0.05) is 19.3 Å². The molecule has 1 heterocycles. The molecule has 0 bridgehead atoms. The number of carbonyl (C=O) groups excluding carboxylic acids is 2. The van der Waals surface area contributed by atoms with Crippen LogP contribution in [0.5, 0.6) is 0 Å². The Hall–Kier alpha value is -3.73. The maximum absolute atomic E-state index is 13.5. The molecule has 0 aromatic heterocycles. The molecule has 0 saturated carbocycles. The minimum atomic E-state index is -0.323. The van der Waals surface area contributed by atoms with Gasteiger partial charge in [-0.25, -0.2) is 4.39 Å². The zero-order chi connectivity index (χ0) is 22.8. The summed E-state index contributed by atoms with van der Waals surface area (Å²) in [6.45, 7) is 4.23. The molecule has 3 aromatic rings. The molecule has 0 N–H and O–H groups in total. The van der Waals surface area contributed by atoms with Gasteiger partial charge in [-0.15, -0.1) is 0 Å². The van der Waals surface area contributed by atoms with E-state index in [2.05, 4.69) is 0 Å². The maximum atomic E-state index is 13.5. The molecule has 5 heteroatoms.